The van der Waals surface area contributed by atoms with Crippen LogP contribution < -0.4 is 19.9 Å². The molecule has 0 atom stereocenters. The molecule has 2 aromatic heterocycles. The van der Waals surface area contributed by atoms with Crippen LogP contribution in [0.4, 0.5) is 23.0 Å². The molecule has 8 rings (SSSR count). The summed E-state index contributed by atoms with van der Waals surface area (Å²) in [7, 11) is 0. The fourth-order valence-corrected chi connectivity index (χ4v) is 8.36. The predicted octanol–water partition coefficient (Wildman–Crippen LogP) is 7.61. The predicted molar refractivity (Wildman–Crippen MR) is 248 cm³/mol. The van der Waals surface area contributed by atoms with Crippen molar-refractivity contribution in [3.8, 4) is 0 Å². The summed E-state index contributed by atoms with van der Waals surface area (Å²) in [5, 5.41) is 5.16. The highest BCUT2D eigenvalue weighted by molar-refractivity contribution is 5.92. The largest absolute Gasteiger partial charge is 0.369 e. The van der Waals surface area contributed by atoms with Gasteiger partial charge in [0.15, 0.2) is 11.6 Å². The third-order valence-electron chi connectivity index (χ3n) is 11.7. The Morgan fingerprint density at radius 3 is 1.31 bits per heavy atom. The molecule has 2 saturated heterocycles. The number of aromatic nitrogens is 2. The molecule has 320 valence electrons. The molecule has 0 saturated carbocycles. The summed E-state index contributed by atoms with van der Waals surface area (Å²) in [4.78, 5) is 58.3. The van der Waals surface area contributed by atoms with Gasteiger partial charge in [0.2, 0.25) is 0 Å². The highest BCUT2D eigenvalue weighted by Crippen LogP contribution is 2.25. The van der Waals surface area contributed by atoms with Gasteiger partial charge < -0.3 is 19.5 Å². The Hall–Kier alpha value is -6.50. The lowest BCUT2D eigenvalue weighted by atomic mass is 10.1. The van der Waals surface area contributed by atoms with Crippen LogP contribution in [0, 0.1) is 13.8 Å². The molecule has 0 N–H and O–H groups in total. The first-order chi connectivity index (χ1) is 30.4. The molecule has 12 heteroatoms. The highest BCUT2D eigenvalue weighted by Gasteiger charge is 2.22. The smallest absolute Gasteiger partial charge is 0.356 e. The highest BCUT2D eigenvalue weighted by atomic mass is 16.7. The van der Waals surface area contributed by atoms with Crippen molar-refractivity contribution in [2.45, 2.75) is 26.7 Å². The minimum absolute atomic E-state index is 0.426. The maximum atomic E-state index is 13.5. The van der Waals surface area contributed by atoms with E-state index in [0.717, 1.165) is 123 Å². The number of carbonyl (C=O) groups is 2. The van der Waals surface area contributed by atoms with Crippen LogP contribution in [0.3, 0.4) is 0 Å². The summed E-state index contributed by atoms with van der Waals surface area (Å²) >= 11 is 0. The van der Waals surface area contributed by atoms with Crippen molar-refractivity contribution < 1.29 is 19.3 Å². The van der Waals surface area contributed by atoms with Gasteiger partial charge in [-0.2, -0.15) is 10.1 Å². The molecule has 0 amide bonds. The van der Waals surface area contributed by atoms with Crippen LogP contribution in [0.2, 0.25) is 0 Å². The molecule has 12 nitrogen and oxygen atoms in total. The molecule has 0 spiro atoms. The molecule has 2 aliphatic rings. The molecule has 0 aliphatic carbocycles. The first kappa shape index (κ1) is 42.2. The Morgan fingerprint density at radius 2 is 0.903 bits per heavy atom. The van der Waals surface area contributed by atoms with E-state index in [1.54, 1.807) is 10.1 Å². The van der Waals surface area contributed by atoms with Crippen LogP contribution in [-0.2, 0) is 19.3 Å². The normalized spacial score (nSPS) is 15.0. The Kier molecular flexibility index (Phi) is 13.9. The van der Waals surface area contributed by atoms with Crippen LogP contribution in [0.25, 0.3) is 21.8 Å². The first-order valence-corrected chi connectivity index (χ1v) is 21.8. The number of fused-ring (bicyclic) bond motifs is 2. The van der Waals surface area contributed by atoms with Gasteiger partial charge in [-0.05, 0) is 86.3 Å². The third-order valence-corrected chi connectivity index (χ3v) is 11.7. The van der Waals surface area contributed by atoms with Gasteiger partial charge in [0, 0.05) is 99.7 Å². The summed E-state index contributed by atoms with van der Waals surface area (Å²) in [6, 6.07) is 40.8. The second-order valence-electron chi connectivity index (χ2n) is 16.0. The fraction of sp³-hybridized carbons (Fsp3) is 0.320. The van der Waals surface area contributed by atoms with E-state index in [0.29, 0.717) is 24.7 Å². The van der Waals surface area contributed by atoms with E-state index < -0.39 is 11.9 Å². The molecule has 62 heavy (non-hydrogen) atoms. The molecule has 0 radical (unpaired) electrons. The van der Waals surface area contributed by atoms with Crippen molar-refractivity contribution in [1.82, 2.24) is 19.8 Å². The van der Waals surface area contributed by atoms with Gasteiger partial charge in [-0.1, -0.05) is 72.8 Å². The average molecular weight is 833 g/mol. The van der Waals surface area contributed by atoms with E-state index in [1.165, 1.54) is 11.4 Å². The quantitative estimate of drug-likeness (QED) is 0.0710. The Labute approximate surface area is 364 Å². The van der Waals surface area contributed by atoms with E-state index in [1.807, 2.05) is 86.6 Å². The van der Waals surface area contributed by atoms with Crippen molar-refractivity contribution in [2.75, 3.05) is 98.5 Å². The zero-order chi connectivity index (χ0) is 42.7. The van der Waals surface area contributed by atoms with Gasteiger partial charge in [-0.15, -0.1) is 0 Å². The van der Waals surface area contributed by atoms with Crippen LogP contribution in [0.15, 0.2) is 133 Å². The first-order valence-electron chi connectivity index (χ1n) is 21.8. The maximum absolute atomic E-state index is 13.5. The number of hydroxylamine groups is 2. The zero-order valence-electron chi connectivity index (χ0n) is 35.8. The minimum Gasteiger partial charge on any atom is -0.369 e. The molecule has 6 aromatic rings. The monoisotopic (exact) mass is 832 g/mol. The number of hydrogen-bond donors (Lipinski definition) is 0. The summed E-state index contributed by atoms with van der Waals surface area (Å²) in [5.41, 5.74) is 6.16. The molecule has 0 unspecified atom stereocenters. The van der Waals surface area contributed by atoms with Gasteiger partial charge in [0.25, 0.3) is 0 Å². The van der Waals surface area contributed by atoms with Gasteiger partial charge in [-0.25, -0.2) is 19.6 Å². The standard InChI is InChI=1S/C50H56N8O4/c1-39-37-47(51-45-21-11-9-19-43(39)45)57(27-13-25-53-29-33-55(34-30-53)41-15-5-3-6-16-41)61-49(59)23-24-50(60)62-58(48-38-40(2)44-20-10-12-22-46(44)52-48)28-14-26-54-31-35-56(36-32-54)42-17-7-4-8-18-42/h3-12,15-24,37-38H,13-14,25-36H2,1-2H3/b24-23+. The molecule has 4 heterocycles. The number of pyridine rings is 2. The Morgan fingerprint density at radius 1 is 0.532 bits per heavy atom. The van der Waals surface area contributed by atoms with Crippen LogP contribution in [0.5, 0.6) is 0 Å². The molecule has 0 bridgehead atoms. The lowest BCUT2D eigenvalue weighted by Gasteiger charge is -2.36. The van der Waals surface area contributed by atoms with Crippen molar-refractivity contribution >= 4 is 56.8 Å². The molecule has 4 aromatic carbocycles. The maximum Gasteiger partial charge on any atom is 0.356 e. The van der Waals surface area contributed by atoms with Crippen molar-refractivity contribution in [2.24, 2.45) is 0 Å². The second kappa shape index (κ2) is 20.4. The van der Waals surface area contributed by atoms with Gasteiger partial charge >= 0.3 is 11.9 Å². The zero-order valence-corrected chi connectivity index (χ0v) is 35.8. The number of aryl methyl sites for hydroxylation is 2. The Bertz CT molecular complexity index is 2280. The molecule has 2 fully saturated rings. The Balaban J connectivity index is 0.906. The summed E-state index contributed by atoms with van der Waals surface area (Å²) in [6.45, 7) is 14.2. The average Bonchev–Trinajstić information content (AvgIpc) is 3.31. The van der Waals surface area contributed by atoms with Crippen molar-refractivity contribution in [3.63, 3.8) is 0 Å². The van der Waals surface area contributed by atoms with Gasteiger partial charge in [0.05, 0.1) is 24.1 Å². The SMILES string of the molecule is Cc1cc(N(CCCN2CCN(c3ccccc3)CC2)OC(=O)/C=C/C(=O)ON(CCCN2CCN(c3ccccc3)CC2)c2cc(C)c3ccccc3n2)nc2ccccc12. The van der Waals surface area contributed by atoms with Crippen LogP contribution in [0.1, 0.15) is 24.0 Å². The summed E-state index contributed by atoms with van der Waals surface area (Å²) < 4.78 is 0. The number of nitrogens with zero attached hydrogens (tertiary/aromatic N) is 8. The number of hydrogen-bond acceptors (Lipinski definition) is 12. The molecular weight excluding hydrogens is 777 g/mol. The van der Waals surface area contributed by atoms with E-state index in [9.17, 15) is 9.59 Å². The van der Waals surface area contributed by atoms with Gasteiger partial charge in [-0.3, -0.25) is 9.80 Å². The number of carbonyl (C=O) groups excluding carboxylic acids is 2. The lowest BCUT2D eigenvalue weighted by molar-refractivity contribution is -0.142. The minimum atomic E-state index is -0.702. The lowest BCUT2D eigenvalue weighted by Crippen LogP contribution is -2.47. The van der Waals surface area contributed by atoms with Gasteiger partial charge in [0.1, 0.15) is 0 Å². The van der Waals surface area contributed by atoms with Crippen LogP contribution >= 0.6 is 0 Å². The number of benzene rings is 4. The number of rotatable bonds is 16. The summed E-state index contributed by atoms with van der Waals surface area (Å²) in [6.07, 6.45) is 3.73. The van der Waals surface area contributed by atoms with Crippen LogP contribution in [-0.4, -0.2) is 110 Å². The molecule has 2 aliphatic heterocycles. The summed E-state index contributed by atoms with van der Waals surface area (Å²) in [5.74, 6) is -0.339. The van der Waals surface area contributed by atoms with E-state index in [-0.39, 0.29) is 0 Å². The fourth-order valence-electron chi connectivity index (χ4n) is 8.36. The topological polar surface area (TPSA) is 97.8 Å². The van der Waals surface area contributed by atoms with Crippen molar-refractivity contribution in [3.05, 3.63) is 145 Å². The van der Waals surface area contributed by atoms with E-state index in [2.05, 4.69) is 68.1 Å². The number of para-hydroxylation sites is 4. The third kappa shape index (κ3) is 10.9. The van der Waals surface area contributed by atoms with E-state index >= 15 is 0 Å². The number of piperazine rings is 2. The van der Waals surface area contributed by atoms with Crippen molar-refractivity contribution in [1.29, 1.82) is 0 Å². The number of anilines is 4. The van der Waals surface area contributed by atoms with E-state index in [4.69, 9.17) is 19.6 Å². The molecular formula is C50H56N8O4. The second-order valence-corrected chi connectivity index (χ2v) is 16.0.